The molecular formula is C18H22O2. The van der Waals surface area contributed by atoms with E-state index in [1.54, 1.807) is 0 Å². The zero-order valence-electron chi connectivity index (χ0n) is 12.6. The molecule has 2 atom stereocenters. The summed E-state index contributed by atoms with van der Waals surface area (Å²) in [5.74, 6) is 0.837. The zero-order valence-corrected chi connectivity index (χ0v) is 12.6. The van der Waals surface area contributed by atoms with Crippen LogP contribution in [0.1, 0.15) is 35.3 Å². The van der Waals surface area contributed by atoms with E-state index < -0.39 is 6.10 Å². The molecule has 0 saturated carbocycles. The molecule has 0 heterocycles. The monoisotopic (exact) mass is 270 g/mol. The van der Waals surface area contributed by atoms with E-state index in [1.165, 1.54) is 11.1 Å². The molecular weight excluding hydrogens is 248 g/mol. The summed E-state index contributed by atoms with van der Waals surface area (Å²) in [5, 5.41) is 10.4. The molecule has 0 aliphatic carbocycles. The fourth-order valence-corrected chi connectivity index (χ4v) is 2.15. The third kappa shape index (κ3) is 3.20. The van der Waals surface area contributed by atoms with Crippen LogP contribution in [0.2, 0.25) is 0 Å². The van der Waals surface area contributed by atoms with Crippen molar-refractivity contribution in [1.82, 2.24) is 0 Å². The van der Waals surface area contributed by atoms with Gasteiger partial charge in [-0.1, -0.05) is 42.0 Å². The lowest BCUT2D eigenvalue weighted by Gasteiger charge is -2.22. The number of aliphatic hydroxyl groups is 1. The number of hydrogen-bond acceptors (Lipinski definition) is 2. The highest BCUT2D eigenvalue weighted by molar-refractivity contribution is 5.38. The Morgan fingerprint density at radius 2 is 1.60 bits per heavy atom. The second-order valence-corrected chi connectivity index (χ2v) is 5.38. The maximum Gasteiger partial charge on any atom is 0.126 e. The zero-order chi connectivity index (χ0) is 14.7. The van der Waals surface area contributed by atoms with E-state index in [9.17, 15) is 5.11 Å². The van der Waals surface area contributed by atoms with Crippen LogP contribution in [0.5, 0.6) is 5.75 Å². The number of benzene rings is 2. The molecule has 0 amide bonds. The molecule has 2 nitrogen and oxygen atoms in total. The van der Waals surface area contributed by atoms with E-state index in [4.69, 9.17) is 4.74 Å². The number of aliphatic hydroxyl groups excluding tert-OH is 1. The van der Waals surface area contributed by atoms with E-state index in [2.05, 4.69) is 13.0 Å². The quantitative estimate of drug-likeness (QED) is 0.905. The number of ether oxygens (including phenoxy) is 1. The number of aryl methyl sites for hydroxylation is 2. The van der Waals surface area contributed by atoms with Gasteiger partial charge < -0.3 is 9.84 Å². The topological polar surface area (TPSA) is 29.5 Å². The first-order chi connectivity index (χ1) is 9.49. The van der Waals surface area contributed by atoms with Crippen LogP contribution in [0.15, 0.2) is 42.5 Å². The Morgan fingerprint density at radius 3 is 2.25 bits per heavy atom. The molecule has 0 spiro atoms. The molecule has 0 aliphatic rings. The summed E-state index contributed by atoms with van der Waals surface area (Å²) in [6, 6.07) is 13.9. The molecule has 1 N–H and O–H groups in total. The third-order valence-corrected chi connectivity index (χ3v) is 3.73. The normalized spacial score (nSPS) is 13.8. The second kappa shape index (κ2) is 6.10. The summed E-state index contributed by atoms with van der Waals surface area (Å²) in [7, 11) is 0. The highest BCUT2D eigenvalue weighted by atomic mass is 16.5. The van der Waals surface area contributed by atoms with Crippen molar-refractivity contribution < 1.29 is 9.84 Å². The van der Waals surface area contributed by atoms with Crippen LogP contribution in [0, 0.1) is 20.8 Å². The minimum atomic E-state index is -0.629. The minimum absolute atomic E-state index is 0.293. The first-order valence-electron chi connectivity index (χ1n) is 6.96. The van der Waals surface area contributed by atoms with Gasteiger partial charge >= 0.3 is 0 Å². The molecule has 2 rings (SSSR count). The van der Waals surface area contributed by atoms with Gasteiger partial charge in [0, 0.05) is 0 Å². The van der Waals surface area contributed by atoms with Crippen LogP contribution < -0.4 is 4.74 Å². The fourth-order valence-electron chi connectivity index (χ4n) is 2.15. The van der Waals surface area contributed by atoms with Crippen LogP contribution >= 0.6 is 0 Å². The van der Waals surface area contributed by atoms with Gasteiger partial charge in [-0.15, -0.1) is 0 Å². The SMILES string of the molecule is Cc1ccc(C(O)C(C)Oc2cccc(C)c2C)cc1. The Bertz CT molecular complexity index is 572. The molecule has 20 heavy (non-hydrogen) atoms. The third-order valence-electron chi connectivity index (χ3n) is 3.73. The Morgan fingerprint density at radius 1 is 0.950 bits per heavy atom. The Labute approximate surface area is 121 Å². The molecule has 2 heteroatoms. The molecule has 2 aromatic rings. The average molecular weight is 270 g/mol. The van der Waals surface area contributed by atoms with Crippen LogP contribution in [-0.4, -0.2) is 11.2 Å². The van der Waals surface area contributed by atoms with Crippen molar-refractivity contribution in [2.45, 2.75) is 39.9 Å². The standard InChI is InChI=1S/C18H22O2/c1-12-8-10-16(11-9-12)18(19)15(4)20-17-7-5-6-13(2)14(17)3/h5-11,15,18-19H,1-4H3. The maximum atomic E-state index is 10.4. The molecule has 2 aromatic carbocycles. The van der Waals surface area contributed by atoms with Gasteiger partial charge in [-0.3, -0.25) is 0 Å². The summed E-state index contributed by atoms with van der Waals surface area (Å²) in [6.45, 7) is 8.03. The summed E-state index contributed by atoms with van der Waals surface area (Å²) in [5.41, 5.74) is 4.38. The van der Waals surface area contributed by atoms with Gasteiger partial charge in [-0.2, -0.15) is 0 Å². The van der Waals surface area contributed by atoms with Crippen LogP contribution in [0.3, 0.4) is 0 Å². The first kappa shape index (κ1) is 14.6. The molecule has 0 fully saturated rings. The lowest BCUT2D eigenvalue weighted by molar-refractivity contribution is 0.0463. The predicted octanol–water partition coefficient (Wildman–Crippen LogP) is 4.11. The van der Waals surface area contributed by atoms with Gasteiger partial charge in [0.15, 0.2) is 0 Å². The smallest absolute Gasteiger partial charge is 0.126 e. The average Bonchev–Trinajstić information content (AvgIpc) is 2.44. The van der Waals surface area contributed by atoms with E-state index in [-0.39, 0.29) is 6.10 Å². The highest BCUT2D eigenvalue weighted by Gasteiger charge is 2.18. The molecule has 0 saturated heterocycles. The fraction of sp³-hybridized carbons (Fsp3) is 0.333. The maximum absolute atomic E-state index is 10.4. The molecule has 2 unspecified atom stereocenters. The molecule has 0 bridgehead atoms. The minimum Gasteiger partial charge on any atom is -0.487 e. The van der Waals surface area contributed by atoms with E-state index in [1.807, 2.05) is 57.2 Å². The van der Waals surface area contributed by atoms with Crippen LogP contribution in [0.25, 0.3) is 0 Å². The Hall–Kier alpha value is -1.80. The second-order valence-electron chi connectivity index (χ2n) is 5.38. The lowest BCUT2D eigenvalue weighted by atomic mass is 10.0. The van der Waals surface area contributed by atoms with Crippen LogP contribution in [0.4, 0.5) is 0 Å². The Kier molecular flexibility index (Phi) is 4.46. The summed E-state index contributed by atoms with van der Waals surface area (Å²) < 4.78 is 5.92. The van der Waals surface area contributed by atoms with Gasteiger partial charge in [0.25, 0.3) is 0 Å². The first-order valence-corrected chi connectivity index (χ1v) is 6.96. The summed E-state index contributed by atoms with van der Waals surface area (Å²) in [6.07, 6.45) is -0.922. The van der Waals surface area contributed by atoms with Crippen molar-refractivity contribution in [2.24, 2.45) is 0 Å². The van der Waals surface area contributed by atoms with E-state index in [0.29, 0.717) is 0 Å². The van der Waals surface area contributed by atoms with Gasteiger partial charge in [0.05, 0.1) is 0 Å². The number of rotatable bonds is 4. The molecule has 0 aliphatic heterocycles. The van der Waals surface area contributed by atoms with Crippen molar-refractivity contribution in [1.29, 1.82) is 0 Å². The van der Waals surface area contributed by atoms with Crippen molar-refractivity contribution in [3.8, 4) is 5.75 Å². The van der Waals surface area contributed by atoms with Gasteiger partial charge in [0.1, 0.15) is 18.0 Å². The largest absolute Gasteiger partial charge is 0.487 e. The van der Waals surface area contributed by atoms with Crippen molar-refractivity contribution in [3.05, 3.63) is 64.7 Å². The van der Waals surface area contributed by atoms with Gasteiger partial charge in [-0.05, 0) is 50.5 Å². The van der Waals surface area contributed by atoms with Crippen LogP contribution in [-0.2, 0) is 0 Å². The molecule has 0 aromatic heterocycles. The van der Waals surface area contributed by atoms with Gasteiger partial charge in [-0.25, -0.2) is 0 Å². The summed E-state index contributed by atoms with van der Waals surface area (Å²) in [4.78, 5) is 0. The van der Waals surface area contributed by atoms with Crippen molar-refractivity contribution in [2.75, 3.05) is 0 Å². The van der Waals surface area contributed by atoms with E-state index in [0.717, 1.165) is 16.9 Å². The van der Waals surface area contributed by atoms with Gasteiger partial charge in [0.2, 0.25) is 0 Å². The molecule has 106 valence electrons. The van der Waals surface area contributed by atoms with Crippen molar-refractivity contribution >= 4 is 0 Å². The van der Waals surface area contributed by atoms with E-state index >= 15 is 0 Å². The predicted molar refractivity (Wildman–Crippen MR) is 82.1 cm³/mol. The molecule has 0 radical (unpaired) electrons. The lowest BCUT2D eigenvalue weighted by Crippen LogP contribution is -2.22. The summed E-state index contributed by atoms with van der Waals surface area (Å²) >= 11 is 0. The number of hydrogen-bond donors (Lipinski definition) is 1. The van der Waals surface area contributed by atoms with Crippen molar-refractivity contribution in [3.63, 3.8) is 0 Å². The highest BCUT2D eigenvalue weighted by Crippen LogP contribution is 2.26. The Balaban J connectivity index is 2.13.